The number of carbonyl (C=O) groups excluding carboxylic acids is 1. The summed E-state index contributed by atoms with van der Waals surface area (Å²) < 4.78 is 5.41. The molecule has 86 valence electrons. The van der Waals surface area contributed by atoms with Crippen LogP contribution >= 0.6 is 15.9 Å². The van der Waals surface area contributed by atoms with E-state index < -0.39 is 6.09 Å². The van der Waals surface area contributed by atoms with E-state index >= 15 is 0 Å². The Morgan fingerprint density at radius 1 is 1.69 bits per heavy atom. The average molecular weight is 287 g/mol. The molecule has 0 saturated heterocycles. The predicted molar refractivity (Wildman–Crippen MR) is 63.6 cm³/mol. The fourth-order valence-electron chi connectivity index (χ4n) is 0.947. The van der Waals surface area contributed by atoms with Crippen molar-refractivity contribution >= 4 is 28.2 Å². The van der Waals surface area contributed by atoms with Gasteiger partial charge in [-0.05, 0) is 25.1 Å². The molecule has 0 aliphatic carbocycles. The van der Waals surface area contributed by atoms with Gasteiger partial charge in [-0.15, -0.1) is 0 Å². The average Bonchev–Trinajstić information content (AvgIpc) is 2.23. The van der Waals surface area contributed by atoms with E-state index in [9.17, 15) is 9.90 Å². The molecule has 0 saturated carbocycles. The molecule has 0 aliphatic rings. The largest absolute Gasteiger partial charge is 0.507 e. The molecule has 1 rings (SSSR count). The Kier molecular flexibility index (Phi) is 4.78. The molecule has 16 heavy (non-hydrogen) atoms. The molecular formula is C10H11BrN2O3. The number of nitrogens with zero attached hydrogens (tertiary/aromatic N) is 1. The van der Waals surface area contributed by atoms with Crippen molar-refractivity contribution in [3.63, 3.8) is 0 Å². The molecule has 0 aromatic heterocycles. The third-order valence-electron chi connectivity index (χ3n) is 1.62. The Morgan fingerprint density at radius 2 is 2.44 bits per heavy atom. The number of rotatable bonds is 3. The zero-order valence-corrected chi connectivity index (χ0v) is 10.2. The summed E-state index contributed by atoms with van der Waals surface area (Å²) in [5.74, 6) is 0.0811. The van der Waals surface area contributed by atoms with Crippen LogP contribution < -0.4 is 5.43 Å². The monoisotopic (exact) mass is 286 g/mol. The molecule has 1 amide bonds. The Balaban J connectivity index is 2.62. The predicted octanol–water partition coefficient (Wildman–Crippen LogP) is 2.23. The van der Waals surface area contributed by atoms with Crippen LogP contribution in [0.4, 0.5) is 4.79 Å². The first-order chi connectivity index (χ1) is 7.63. The van der Waals surface area contributed by atoms with Crippen LogP contribution in [0.15, 0.2) is 27.8 Å². The number of phenols is 1. The van der Waals surface area contributed by atoms with Gasteiger partial charge in [0.05, 0.1) is 12.8 Å². The SMILES string of the molecule is CCOC(=O)N/N=C\c1cc(Br)ccc1O. The van der Waals surface area contributed by atoms with E-state index in [-0.39, 0.29) is 12.4 Å². The molecule has 0 radical (unpaired) electrons. The molecule has 0 bridgehead atoms. The van der Waals surface area contributed by atoms with E-state index in [2.05, 4.69) is 31.2 Å². The van der Waals surface area contributed by atoms with Crippen LogP contribution in [0.3, 0.4) is 0 Å². The van der Waals surface area contributed by atoms with Crippen LogP contribution in [-0.2, 0) is 4.74 Å². The van der Waals surface area contributed by atoms with Crippen molar-refractivity contribution in [1.82, 2.24) is 5.43 Å². The normalized spacial score (nSPS) is 10.4. The van der Waals surface area contributed by atoms with E-state index in [1.54, 1.807) is 19.1 Å². The molecule has 0 fully saturated rings. The van der Waals surface area contributed by atoms with E-state index in [1.807, 2.05) is 0 Å². The number of aromatic hydroxyl groups is 1. The summed E-state index contributed by atoms with van der Waals surface area (Å²) in [6.45, 7) is 1.98. The number of carbonyl (C=O) groups is 1. The Bertz CT molecular complexity index is 407. The lowest BCUT2D eigenvalue weighted by atomic mass is 10.2. The Labute approximate surface area is 101 Å². The summed E-state index contributed by atoms with van der Waals surface area (Å²) in [5.41, 5.74) is 2.65. The Hall–Kier alpha value is -1.56. The molecule has 0 heterocycles. The maximum Gasteiger partial charge on any atom is 0.427 e. The summed E-state index contributed by atoms with van der Waals surface area (Å²) in [4.78, 5) is 10.9. The zero-order valence-electron chi connectivity index (χ0n) is 8.61. The summed E-state index contributed by atoms with van der Waals surface area (Å²) >= 11 is 3.26. The third kappa shape index (κ3) is 3.90. The second kappa shape index (κ2) is 6.12. The van der Waals surface area contributed by atoms with Gasteiger partial charge in [0.1, 0.15) is 5.75 Å². The number of halogens is 1. The highest BCUT2D eigenvalue weighted by Crippen LogP contribution is 2.19. The standard InChI is InChI=1S/C10H11BrN2O3/c1-2-16-10(15)13-12-6-7-5-8(11)3-4-9(7)14/h3-6,14H,2H2,1H3,(H,13,15)/b12-6-. The number of ether oxygens (including phenoxy) is 1. The molecule has 1 aromatic rings. The van der Waals surface area contributed by atoms with Crippen molar-refractivity contribution in [3.05, 3.63) is 28.2 Å². The molecule has 1 aromatic carbocycles. The van der Waals surface area contributed by atoms with Crippen molar-refractivity contribution in [2.45, 2.75) is 6.92 Å². The second-order valence-corrected chi connectivity index (χ2v) is 3.71. The molecule has 0 spiro atoms. The lowest BCUT2D eigenvalue weighted by molar-refractivity contribution is 0.152. The number of benzene rings is 1. The van der Waals surface area contributed by atoms with Gasteiger partial charge in [0, 0.05) is 10.0 Å². The van der Waals surface area contributed by atoms with E-state index in [0.717, 1.165) is 4.47 Å². The maximum absolute atomic E-state index is 10.9. The summed E-state index contributed by atoms with van der Waals surface area (Å²) in [7, 11) is 0. The molecule has 5 nitrogen and oxygen atoms in total. The summed E-state index contributed by atoms with van der Waals surface area (Å²) in [6, 6.07) is 4.90. The van der Waals surface area contributed by atoms with Crippen molar-refractivity contribution in [1.29, 1.82) is 0 Å². The molecule has 0 aliphatic heterocycles. The van der Waals surface area contributed by atoms with Gasteiger partial charge in [0.15, 0.2) is 0 Å². The van der Waals surface area contributed by atoms with Crippen LogP contribution in [0.5, 0.6) is 5.75 Å². The first kappa shape index (κ1) is 12.5. The van der Waals surface area contributed by atoms with Gasteiger partial charge in [-0.3, -0.25) is 0 Å². The van der Waals surface area contributed by atoms with Gasteiger partial charge in [0.2, 0.25) is 0 Å². The van der Waals surface area contributed by atoms with Crippen molar-refractivity contribution in [3.8, 4) is 5.75 Å². The minimum atomic E-state index is -0.631. The van der Waals surface area contributed by atoms with Gasteiger partial charge in [-0.1, -0.05) is 15.9 Å². The molecule has 6 heteroatoms. The van der Waals surface area contributed by atoms with Crippen molar-refractivity contribution in [2.24, 2.45) is 5.10 Å². The van der Waals surface area contributed by atoms with Crippen LogP contribution in [0.25, 0.3) is 0 Å². The van der Waals surface area contributed by atoms with Gasteiger partial charge in [-0.2, -0.15) is 5.10 Å². The number of amides is 1. The van der Waals surface area contributed by atoms with Crippen LogP contribution in [0.2, 0.25) is 0 Å². The van der Waals surface area contributed by atoms with Gasteiger partial charge in [0.25, 0.3) is 0 Å². The van der Waals surface area contributed by atoms with E-state index in [0.29, 0.717) is 5.56 Å². The highest BCUT2D eigenvalue weighted by molar-refractivity contribution is 9.10. The third-order valence-corrected chi connectivity index (χ3v) is 2.12. The smallest absolute Gasteiger partial charge is 0.427 e. The summed E-state index contributed by atoms with van der Waals surface area (Å²) in [6.07, 6.45) is 0.699. The number of nitrogens with one attached hydrogen (secondary N) is 1. The second-order valence-electron chi connectivity index (χ2n) is 2.79. The van der Waals surface area contributed by atoms with E-state index in [1.165, 1.54) is 12.3 Å². The van der Waals surface area contributed by atoms with Gasteiger partial charge >= 0.3 is 6.09 Å². The maximum atomic E-state index is 10.9. The highest BCUT2D eigenvalue weighted by atomic mass is 79.9. The fourth-order valence-corrected chi connectivity index (χ4v) is 1.33. The lowest BCUT2D eigenvalue weighted by Gasteiger charge is -2.00. The minimum absolute atomic E-state index is 0.0811. The van der Waals surface area contributed by atoms with Gasteiger partial charge < -0.3 is 9.84 Å². The van der Waals surface area contributed by atoms with Crippen molar-refractivity contribution < 1.29 is 14.6 Å². The minimum Gasteiger partial charge on any atom is -0.507 e. The topological polar surface area (TPSA) is 70.9 Å². The number of hydrogen-bond acceptors (Lipinski definition) is 4. The molecule has 0 unspecified atom stereocenters. The molecular weight excluding hydrogens is 276 g/mol. The number of hydrazone groups is 1. The first-order valence-corrected chi connectivity index (χ1v) is 5.37. The lowest BCUT2D eigenvalue weighted by Crippen LogP contribution is -2.18. The number of hydrogen-bond donors (Lipinski definition) is 2. The van der Waals surface area contributed by atoms with Gasteiger partial charge in [-0.25, -0.2) is 10.2 Å². The molecule has 0 atom stereocenters. The fraction of sp³-hybridized carbons (Fsp3) is 0.200. The quantitative estimate of drug-likeness (QED) is 0.661. The Morgan fingerprint density at radius 3 is 3.12 bits per heavy atom. The zero-order chi connectivity index (χ0) is 12.0. The highest BCUT2D eigenvalue weighted by Gasteiger charge is 1.99. The molecule has 2 N–H and O–H groups in total. The van der Waals surface area contributed by atoms with E-state index in [4.69, 9.17) is 0 Å². The number of phenolic OH excluding ortho intramolecular Hbond substituents is 1. The van der Waals surface area contributed by atoms with Crippen LogP contribution in [0.1, 0.15) is 12.5 Å². The van der Waals surface area contributed by atoms with Crippen molar-refractivity contribution in [2.75, 3.05) is 6.61 Å². The van der Waals surface area contributed by atoms with Crippen LogP contribution in [0, 0.1) is 0 Å². The first-order valence-electron chi connectivity index (χ1n) is 4.58. The van der Waals surface area contributed by atoms with Crippen LogP contribution in [-0.4, -0.2) is 24.0 Å². The summed E-state index contributed by atoms with van der Waals surface area (Å²) in [5, 5.41) is 13.1.